The highest BCUT2D eigenvalue weighted by molar-refractivity contribution is 5.45. The molecule has 2 aromatic rings. The molecule has 3 nitrogen and oxygen atoms in total. The highest BCUT2D eigenvalue weighted by Crippen LogP contribution is 2.19. The Bertz CT molecular complexity index is 579. The lowest BCUT2D eigenvalue weighted by Crippen LogP contribution is -2.06. The Morgan fingerprint density at radius 1 is 1.26 bits per heavy atom. The Kier molecular flexibility index (Phi) is 3.78. The molecule has 1 aromatic heterocycles. The van der Waals surface area contributed by atoms with E-state index < -0.39 is 17.5 Å². The molecule has 0 aliphatic carbocycles. The Labute approximate surface area is 109 Å². The van der Waals surface area contributed by atoms with Crippen molar-refractivity contribution in [2.24, 2.45) is 0 Å². The summed E-state index contributed by atoms with van der Waals surface area (Å²) in [6.07, 6.45) is 1.80. The third-order valence-corrected chi connectivity index (χ3v) is 2.65. The fraction of sp³-hybridized carbons (Fsp3) is 0.308. The predicted molar refractivity (Wildman–Crippen MR) is 66.3 cm³/mol. The van der Waals surface area contributed by atoms with Crippen molar-refractivity contribution in [2.45, 2.75) is 26.4 Å². The van der Waals surface area contributed by atoms with Crippen molar-refractivity contribution in [3.8, 4) is 0 Å². The SMILES string of the molecule is CC(C)n1ccc(CNc2cc(F)cc(F)c2F)n1. The number of rotatable bonds is 4. The van der Waals surface area contributed by atoms with Crippen LogP contribution in [0.25, 0.3) is 0 Å². The minimum absolute atomic E-state index is 0.194. The van der Waals surface area contributed by atoms with E-state index in [0.717, 1.165) is 6.07 Å². The van der Waals surface area contributed by atoms with Crippen molar-refractivity contribution in [1.82, 2.24) is 9.78 Å². The molecule has 102 valence electrons. The van der Waals surface area contributed by atoms with Crippen LogP contribution in [-0.2, 0) is 6.54 Å². The summed E-state index contributed by atoms with van der Waals surface area (Å²) in [5.74, 6) is -3.13. The van der Waals surface area contributed by atoms with E-state index in [-0.39, 0.29) is 18.3 Å². The van der Waals surface area contributed by atoms with Gasteiger partial charge in [0.2, 0.25) is 0 Å². The van der Waals surface area contributed by atoms with E-state index in [1.54, 1.807) is 16.9 Å². The summed E-state index contributed by atoms with van der Waals surface area (Å²) in [6.45, 7) is 4.15. The second-order valence-electron chi connectivity index (χ2n) is 4.48. The Morgan fingerprint density at radius 2 is 2.00 bits per heavy atom. The molecular weight excluding hydrogens is 255 g/mol. The Hall–Kier alpha value is -1.98. The molecule has 2 rings (SSSR count). The first-order chi connectivity index (χ1) is 8.97. The number of nitrogens with zero attached hydrogens (tertiary/aromatic N) is 2. The summed E-state index contributed by atoms with van der Waals surface area (Å²) >= 11 is 0. The average Bonchev–Trinajstić information content (AvgIpc) is 2.81. The third-order valence-electron chi connectivity index (χ3n) is 2.65. The zero-order valence-electron chi connectivity index (χ0n) is 10.6. The molecule has 0 spiro atoms. The van der Waals surface area contributed by atoms with Gasteiger partial charge in [-0.25, -0.2) is 13.2 Å². The summed E-state index contributed by atoms with van der Waals surface area (Å²) in [4.78, 5) is 0. The van der Waals surface area contributed by atoms with E-state index in [4.69, 9.17) is 0 Å². The number of benzene rings is 1. The number of anilines is 1. The van der Waals surface area contributed by atoms with Crippen LogP contribution >= 0.6 is 0 Å². The maximum Gasteiger partial charge on any atom is 0.182 e. The van der Waals surface area contributed by atoms with Crippen molar-refractivity contribution in [3.05, 3.63) is 47.5 Å². The maximum absolute atomic E-state index is 13.4. The molecule has 0 aliphatic heterocycles. The van der Waals surface area contributed by atoms with E-state index >= 15 is 0 Å². The van der Waals surface area contributed by atoms with Crippen LogP contribution in [0.4, 0.5) is 18.9 Å². The first-order valence-corrected chi connectivity index (χ1v) is 5.90. The Morgan fingerprint density at radius 3 is 2.63 bits per heavy atom. The van der Waals surface area contributed by atoms with Gasteiger partial charge in [0, 0.05) is 24.4 Å². The highest BCUT2D eigenvalue weighted by atomic mass is 19.2. The van der Waals surface area contributed by atoms with Crippen molar-refractivity contribution in [1.29, 1.82) is 0 Å². The van der Waals surface area contributed by atoms with Gasteiger partial charge in [0.05, 0.1) is 17.9 Å². The number of hydrogen-bond donors (Lipinski definition) is 1. The molecule has 0 bridgehead atoms. The van der Waals surface area contributed by atoms with Crippen LogP contribution in [0, 0.1) is 17.5 Å². The molecule has 0 amide bonds. The highest BCUT2D eigenvalue weighted by Gasteiger charge is 2.11. The molecule has 0 saturated carbocycles. The minimum Gasteiger partial charge on any atom is -0.377 e. The molecule has 0 saturated heterocycles. The summed E-state index contributed by atoms with van der Waals surface area (Å²) < 4.78 is 41.1. The van der Waals surface area contributed by atoms with Crippen LogP contribution in [0.15, 0.2) is 24.4 Å². The molecule has 1 N–H and O–H groups in total. The van der Waals surface area contributed by atoms with Gasteiger partial charge >= 0.3 is 0 Å². The van der Waals surface area contributed by atoms with Gasteiger partial charge in [-0.3, -0.25) is 4.68 Å². The smallest absolute Gasteiger partial charge is 0.182 e. The molecule has 1 heterocycles. The standard InChI is InChI=1S/C13H14F3N3/c1-8(2)19-4-3-10(18-19)7-17-12-6-9(14)5-11(15)13(12)16/h3-6,8,17H,7H2,1-2H3. The van der Waals surface area contributed by atoms with Crippen LogP contribution in [0.5, 0.6) is 0 Å². The van der Waals surface area contributed by atoms with E-state index in [0.29, 0.717) is 11.8 Å². The van der Waals surface area contributed by atoms with Gasteiger partial charge in [-0.2, -0.15) is 5.10 Å². The molecule has 6 heteroatoms. The van der Waals surface area contributed by atoms with Gasteiger partial charge in [-0.1, -0.05) is 0 Å². The molecular formula is C13H14F3N3. The van der Waals surface area contributed by atoms with Crippen molar-refractivity contribution in [2.75, 3.05) is 5.32 Å². The van der Waals surface area contributed by atoms with Crippen molar-refractivity contribution < 1.29 is 13.2 Å². The molecule has 1 aromatic carbocycles. The summed E-state index contributed by atoms with van der Waals surface area (Å²) in [6, 6.07) is 3.41. The van der Waals surface area contributed by atoms with Gasteiger partial charge in [0.1, 0.15) is 5.82 Å². The Balaban J connectivity index is 2.10. The third kappa shape index (κ3) is 3.07. The van der Waals surface area contributed by atoms with Crippen LogP contribution < -0.4 is 5.32 Å². The monoisotopic (exact) mass is 269 g/mol. The first kappa shape index (κ1) is 13.5. The minimum atomic E-state index is -1.21. The second-order valence-corrected chi connectivity index (χ2v) is 4.48. The van der Waals surface area contributed by atoms with E-state index in [1.165, 1.54) is 0 Å². The summed E-state index contributed by atoms with van der Waals surface area (Å²) in [5, 5.41) is 6.88. The van der Waals surface area contributed by atoms with Crippen LogP contribution in [-0.4, -0.2) is 9.78 Å². The second kappa shape index (κ2) is 5.34. The molecule has 0 unspecified atom stereocenters. The molecule has 0 fully saturated rings. The molecule has 19 heavy (non-hydrogen) atoms. The van der Waals surface area contributed by atoms with Gasteiger partial charge in [0.25, 0.3) is 0 Å². The fourth-order valence-electron chi connectivity index (χ4n) is 1.63. The van der Waals surface area contributed by atoms with Crippen LogP contribution in [0.1, 0.15) is 25.6 Å². The average molecular weight is 269 g/mol. The van der Waals surface area contributed by atoms with Crippen molar-refractivity contribution in [3.63, 3.8) is 0 Å². The number of halogens is 3. The van der Waals surface area contributed by atoms with Gasteiger partial charge < -0.3 is 5.32 Å². The predicted octanol–water partition coefficient (Wildman–Crippen LogP) is 3.49. The fourth-order valence-corrected chi connectivity index (χ4v) is 1.63. The van der Waals surface area contributed by atoms with Gasteiger partial charge in [0.15, 0.2) is 11.6 Å². The quantitative estimate of drug-likeness (QED) is 0.861. The van der Waals surface area contributed by atoms with Gasteiger partial charge in [-0.15, -0.1) is 0 Å². The number of hydrogen-bond acceptors (Lipinski definition) is 2. The summed E-state index contributed by atoms with van der Waals surface area (Å²) in [7, 11) is 0. The normalized spacial score (nSPS) is 11.1. The molecule has 0 radical (unpaired) electrons. The maximum atomic E-state index is 13.4. The molecule has 0 aliphatic rings. The lowest BCUT2D eigenvalue weighted by atomic mass is 10.2. The number of nitrogens with one attached hydrogen (secondary N) is 1. The van der Waals surface area contributed by atoms with Gasteiger partial charge in [-0.05, 0) is 19.9 Å². The van der Waals surface area contributed by atoms with Crippen molar-refractivity contribution >= 4 is 5.69 Å². The zero-order chi connectivity index (χ0) is 14.0. The summed E-state index contributed by atoms with van der Waals surface area (Å²) in [5.41, 5.74) is 0.453. The lowest BCUT2D eigenvalue weighted by Gasteiger charge is -2.07. The lowest BCUT2D eigenvalue weighted by molar-refractivity contribution is 0.497. The van der Waals surface area contributed by atoms with Crippen LogP contribution in [0.3, 0.4) is 0 Å². The van der Waals surface area contributed by atoms with E-state index in [1.807, 2.05) is 13.8 Å². The number of aromatic nitrogens is 2. The largest absolute Gasteiger partial charge is 0.377 e. The zero-order valence-corrected chi connectivity index (χ0v) is 10.6. The first-order valence-electron chi connectivity index (χ1n) is 5.90. The van der Waals surface area contributed by atoms with E-state index in [9.17, 15) is 13.2 Å². The van der Waals surface area contributed by atoms with Crippen LogP contribution in [0.2, 0.25) is 0 Å². The van der Waals surface area contributed by atoms with E-state index in [2.05, 4.69) is 10.4 Å². The molecule has 0 atom stereocenters. The topological polar surface area (TPSA) is 29.9 Å².